The number of likely N-dealkylation sites (tertiary alicyclic amines) is 1. The van der Waals surface area contributed by atoms with E-state index in [1.165, 1.54) is 12.1 Å². The number of halogens is 2. The van der Waals surface area contributed by atoms with Gasteiger partial charge in [0.1, 0.15) is 17.2 Å². The molecule has 0 N–H and O–H groups in total. The Morgan fingerprint density at radius 1 is 1.03 bits per heavy atom. The maximum atomic E-state index is 13.3. The van der Waals surface area contributed by atoms with Crippen LogP contribution < -0.4 is 5.43 Å². The van der Waals surface area contributed by atoms with Gasteiger partial charge in [0, 0.05) is 23.4 Å². The Balaban J connectivity index is 0.00000205. The second-order valence-electron chi connectivity index (χ2n) is 7.33. The molecular formula is C22H20ClFN2O3. The van der Waals surface area contributed by atoms with Crippen LogP contribution in [0.2, 0.25) is 0 Å². The molecule has 4 aromatic rings. The summed E-state index contributed by atoms with van der Waals surface area (Å²) in [5, 5.41) is 5.69. The van der Waals surface area contributed by atoms with E-state index in [4.69, 9.17) is 8.94 Å². The molecule has 0 bridgehead atoms. The minimum Gasteiger partial charge on any atom is -0.459 e. The first kappa shape index (κ1) is 19.6. The number of aromatic nitrogens is 1. The summed E-state index contributed by atoms with van der Waals surface area (Å²) in [6.07, 6.45) is 1.85. The summed E-state index contributed by atoms with van der Waals surface area (Å²) in [4.78, 5) is 14.6. The zero-order valence-corrected chi connectivity index (χ0v) is 16.5. The van der Waals surface area contributed by atoms with Gasteiger partial charge in [0.2, 0.25) is 0 Å². The second-order valence-corrected chi connectivity index (χ2v) is 7.33. The lowest BCUT2D eigenvalue weighted by molar-refractivity contribution is 0.189. The maximum Gasteiger partial charge on any atom is 0.192 e. The Hall–Kier alpha value is -2.70. The van der Waals surface area contributed by atoms with E-state index in [-0.39, 0.29) is 29.6 Å². The normalized spacial score (nSPS) is 15.6. The minimum absolute atomic E-state index is 0. The first-order valence-electron chi connectivity index (χ1n) is 9.46. The molecule has 0 radical (unpaired) electrons. The molecule has 2 aromatic heterocycles. The monoisotopic (exact) mass is 414 g/mol. The molecule has 1 saturated heterocycles. The predicted molar refractivity (Wildman–Crippen MR) is 111 cm³/mol. The van der Waals surface area contributed by atoms with Gasteiger partial charge < -0.3 is 8.94 Å². The summed E-state index contributed by atoms with van der Waals surface area (Å²) in [7, 11) is 0. The van der Waals surface area contributed by atoms with Crippen molar-refractivity contribution in [2.45, 2.75) is 25.3 Å². The van der Waals surface area contributed by atoms with Gasteiger partial charge in [0.15, 0.2) is 11.0 Å². The van der Waals surface area contributed by atoms with Crippen LogP contribution in [0.5, 0.6) is 0 Å². The highest BCUT2D eigenvalue weighted by molar-refractivity contribution is 5.85. The Bertz CT molecular complexity index is 1210. The zero-order valence-electron chi connectivity index (χ0n) is 15.6. The van der Waals surface area contributed by atoms with Crippen molar-refractivity contribution in [2.24, 2.45) is 0 Å². The lowest BCUT2D eigenvalue weighted by Crippen LogP contribution is -2.32. The summed E-state index contributed by atoms with van der Waals surface area (Å²) in [6, 6.07) is 13.5. The van der Waals surface area contributed by atoms with Crippen LogP contribution in [0.25, 0.3) is 21.9 Å². The van der Waals surface area contributed by atoms with Crippen LogP contribution >= 0.6 is 12.4 Å². The molecule has 0 unspecified atom stereocenters. The molecule has 1 aliphatic heterocycles. The molecule has 5 rings (SSSR count). The SMILES string of the molecule is Cl.O=c1cc(CN2CCC(c3noc4cc(F)ccc34)CC2)oc2ccccc12. The van der Waals surface area contributed by atoms with Crippen LogP contribution in [0.3, 0.4) is 0 Å². The van der Waals surface area contributed by atoms with Crippen molar-refractivity contribution in [3.05, 3.63) is 76.0 Å². The standard InChI is InChI=1S/C22H19FN2O3.ClH/c23-15-5-6-18-21(11-15)28-24-22(18)14-7-9-25(10-8-14)13-16-12-19(26)17-3-1-2-4-20(17)27-16;/h1-6,11-12,14H,7-10,13H2;1H. The van der Waals surface area contributed by atoms with E-state index in [1.54, 1.807) is 18.2 Å². The van der Waals surface area contributed by atoms with Gasteiger partial charge in [0.05, 0.1) is 17.6 Å². The van der Waals surface area contributed by atoms with Gasteiger partial charge in [-0.15, -0.1) is 12.4 Å². The van der Waals surface area contributed by atoms with Crippen molar-refractivity contribution in [1.29, 1.82) is 0 Å². The molecule has 1 aliphatic rings. The zero-order chi connectivity index (χ0) is 19.1. The van der Waals surface area contributed by atoms with E-state index >= 15 is 0 Å². The molecule has 3 heterocycles. The van der Waals surface area contributed by atoms with Gasteiger partial charge >= 0.3 is 0 Å². The molecule has 29 heavy (non-hydrogen) atoms. The van der Waals surface area contributed by atoms with E-state index in [0.717, 1.165) is 37.0 Å². The van der Waals surface area contributed by atoms with E-state index < -0.39 is 0 Å². The van der Waals surface area contributed by atoms with Gasteiger partial charge in [-0.3, -0.25) is 9.69 Å². The quantitative estimate of drug-likeness (QED) is 0.478. The fourth-order valence-electron chi connectivity index (χ4n) is 4.04. The van der Waals surface area contributed by atoms with Crippen LogP contribution in [-0.4, -0.2) is 23.1 Å². The smallest absolute Gasteiger partial charge is 0.192 e. The summed E-state index contributed by atoms with van der Waals surface area (Å²) in [5.74, 6) is 0.651. The average Bonchev–Trinajstić information content (AvgIpc) is 3.11. The first-order chi connectivity index (χ1) is 13.7. The van der Waals surface area contributed by atoms with Crippen LogP contribution in [0, 0.1) is 5.82 Å². The van der Waals surface area contributed by atoms with Crippen molar-refractivity contribution >= 4 is 34.3 Å². The van der Waals surface area contributed by atoms with Gasteiger partial charge in [-0.25, -0.2) is 4.39 Å². The molecule has 2 aromatic carbocycles. The second kappa shape index (κ2) is 7.97. The third kappa shape index (κ3) is 3.78. The van der Waals surface area contributed by atoms with Crippen molar-refractivity contribution < 1.29 is 13.3 Å². The Morgan fingerprint density at radius 3 is 2.66 bits per heavy atom. The molecule has 0 atom stereocenters. The number of piperidine rings is 1. The van der Waals surface area contributed by atoms with Crippen LogP contribution in [0.15, 0.2) is 62.3 Å². The number of hydrogen-bond acceptors (Lipinski definition) is 5. The van der Waals surface area contributed by atoms with Gasteiger partial charge in [-0.1, -0.05) is 17.3 Å². The Morgan fingerprint density at radius 2 is 1.83 bits per heavy atom. The molecule has 5 nitrogen and oxygen atoms in total. The van der Waals surface area contributed by atoms with Crippen molar-refractivity contribution in [3.8, 4) is 0 Å². The molecular weight excluding hydrogens is 395 g/mol. The van der Waals surface area contributed by atoms with E-state index in [9.17, 15) is 9.18 Å². The largest absolute Gasteiger partial charge is 0.459 e. The first-order valence-corrected chi connectivity index (χ1v) is 9.46. The average molecular weight is 415 g/mol. The number of hydrogen-bond donors (Lipinski definition) is 0. The number of nitrogens with zero attached hydrogens (tertiary/aromatic N) is 2. The third-order valence-corrected chi connectivity index (χ3v) is 5.50. The highest BCUT2D eigenvalue weighted by Gasteiger charge is 2.25. The summed E-state index contributed by atoms with van der Waals surface area (Å²) in [6.45, 7) is 2.35. The highest BCUT2D eigenvalue weighted by atomic mass is 35.5. The van der Waals surface area contributed by atoms with Crippen LogP contribution in [-0.2, 0) is 6.54 Å². The van der Waals surface area contributed by atoms with Crippen molar-refractivity contribution in [1.82, 2.24) is 10.1 Å². The number of rotatable bonds is 3. The van der Waals surface area contributed by atoms with Crippen molar-refractivity contribution in [3.63, 3.8) is 0 Å². The van der Waals surface area contributed by atoms with E-state index in [1.807, 2.05) is 18.2 Å². The van der Waals surface area contributed by atoms with Gasteiger partial charge in [0.25, 0.3) is 0 Å². The predicted octanol–water partition coefficient (Wildman–Crippen LogP) is 4.87. The molecule has 0 amide bonds. The lowest BCUT2D eigenvalue weighted by atomic mass is 9.91. The number of benzene rings is 2. The van der Waals surface area contributed by atoms with Gasteiger partial charge in [-0.05, 0) is 50.2 Å². The summed E-state index contributed by atoms with van der Waals surface area (Å²) in [5.41, 5.74) is 2.02. The molecule has 0 spiro atoms. The highest BCUT2D eigenvalue weighted by Crippen LogP contribution is 2.33. The molecule has 150 valence electrons. The van der Waals surface area contributed by atoms with Crippen LogP contribution in [0.1, 0.15) is 30.2 Å². The number of para-hydroxylation sites is 1. The maximum absolute atomic E-state index is 13.3. The number of fused-ring (bicyclic) bond motifs is 2. The van der Waals surface area contributed by atoms with Crippen LogP contribution in [0.4, 0.5) is 4.39 Å². The molecule has 1 fully saturated rings. The Kier molecular flexibility index (Phi) is 5.39. The fourth-order valence-corrected chi connectivity index (χ4v) is 4.04. The third-order valence-electron chi connectivity index (χ3n) is 5.50. The molecule has 0 aliphatic carbocycles. The summed E-state index contributed by atoms with van der Waals surface area (Å²) < 4.78 is 24.6. The summed E-state index contributed by atoms with van der Waals surface area (Å²) >= 11 is 0. The fraction of sp³-hybridized carbons (Fsp3) is 0.273. The van der Waals surface area contributed by atoms with Crippen molar-refractivity contribution in [2.75, 3.05) is 13.1 Å². The van der Waals surface area contributed by atoms with E-state index in [2.05, 4.69) is 10.1 Å². The lowest BCUT2D eigenvalue weighted by Gasteiger charge is -2.30. The Labute approximate surface area is 172 Å². The molecule has 7 heteroatoms. The molecule has 0 saturated carbocycles. The van der Waals surface area contributed by atoms with Gasteiger partial charge in [-0.2, -0.15) is 0 Å². The minimum atomic E-state index is -0.318. The topological polar surface area (TPSA) is 59.5 Å². The van der Waals surface area contributed by atoms with E-state index in [0.29, 0.717) is 28.9 Å².